The number of carboxylic acids is 1. The fourth-order valence-electron chi connectivity index (χ4n) is 1.84. The summed E-state index contributed by atoms with van der Waals surface area (Å²) in [5, 5.41) is 8.93. The van der Waals surface area contributed by atoms with Gasteiger partial charge in [0.1, 0.15) is 11.4 Å². The molecule has 1 N–H and O–H groups in total. The van der Waals surface area contributed by atoms with Crippen molar-refractivity contribution in [1.82, 2.24) is 4.31 Å². The molecule has 1 aromatic carbocycles. The number of methoxy groups -OCH3 is 2. The van der Waals surface area contributed by atoms with Crippen LogP contribution in [0, 0.1) is 0 Å². The van der Waals surface area contributed by atoms with Crippen molar-refractivity contribution in [3.05, 3.63) is 16.6 Å². The second-order valence-electron chi connectivity index (χ2n) is 4.68. The molecule has 1 aromatic rings. The van der Waals surface area contributed by atoms with Crippen molar-refractivity contribution in [3.63, 3.8) is 0 Å². The predicted molar refractivity (Wildman–Crippen MR) is 83.9 cm³/mol. The van der Waals surface area contributed by atoms with Gasteiger partial charge in [0.15, 0.2) is 11.5 Å². The van der Waals surface area contributed by atoms with Gasteiger partial charge in [-0.05, 0) is 35.8 Å². The molecule has 22 heavy (non-hydrogen) atoms. The summed E-state index contributed by atoms with van der Waals surface area (Å²) in [5.41, 5.74) is 0. The van der Waals surface area contributed by atoms with E-state index in [2.05, 4.69) is 15.9 Å². The third-order valence-electron chi connectivity index (χ3n) is 2.89. The molecule has 7 nitrogen and oxygen atoms in total. The lowest BCUT2D eigenvalue weighted by Gasteiger charge is -2.25. The van der Waals surface area contributed by atoms with Gasteiger partial charge >= 0.3 is 5.97 Å². The van der Waals surface area contributed by atoms with E-state index in [9.17, 15) is 13.2 Å². The number of carboxylic acid groups (broad SMARTS) is 1. The lowest BCUT2D eigenvalue weighted by molar-refractivity contribution is -0.137. The van der Waals surface area contributed by atoms with E-state index in [-0.39, 0.29) is 15.1 Å². The number of nitrogens with zero attached hydrogens (tertiary/aromatic N) is 1. The van der Waals surface area contributed by atoms with Crippen LogP contribution < -0.4 is 9.47 Å². The van der Waals surface area contributed by atoms with Gasteiger partial charge in [-0.3, -0.25) is 4.79 Å². The summed E-state index contributed by atoms with van der Waals surface area (Å²) in [7, 11) is -1.19. The van der Waals surface area contributed by atoms with Gasteiger partial charge < -0.3 is 14.6 Å². The van der Waals surface area contributed by atoms with Crippen molar-refractivity contribution in [1.29, 1.82) is 0 Å². The minimum Gasteiger partial charge on any atom is -0.493 e. The van der Waals surface area contributed by atoms with E-state index in [1.165, 1.54) is 26.4 Å². The molecule has 0 spiro atoms. The highest BCUT2D eigenvalue weighted by atomic mass is 79.9. The van der Waals surface area contributed by atoms with Gasteiger partial charge in [-0.2, -0.15) is 4.31 Å². The van der Waals surface area contributed by atoms with Crippen LogP contribution in [0.25, 0.3) is 0 Å². The third kappa shape index (κ3) is 3.90. The number of sulfonamides is 1. The van der Waals surface area contributed by atoms with Crippen molar-refractivity contribution in [3.8, 4) is 11.5 Å². The first kappa shape index (κ1) is 18.7. The molecule has 0 saturated heterocycles. The Balaban J connectivity index is 3.46. The van der Waals surface area contributed by atoms with Gasteiger partial charge in [-0.1, -0.05) is 0 Å². The molecule has 0 aliphatic rings. The van der Waals surface area contributed by atoms with Crippen molar-refractivity contribution in [2.45, 2.75) is 24.8 Å². The first-order valence-electron chi connectivity index (χ1n) is 6.30. The molecule has 0 amide bonds. The van der Waals surface area contributed by atoms with Gasteiger partial charge in [-0.25, -0.2) is 8.42 Å². The first-order valence-corrected chi connectivity index (χ1v) is 8.53. The number of benzene rings is 1. The Morgan fingerprint density at radius 1 is 1.27 bits per heavy atom. The Bertz CT molecular complexity index is 659. The summed E-state index contributed by atoms with van der Waals surface area (Å²) in [6.07, 6.45) is 0. The van der Waals surface area contributed by atoms with Gasteiger partial charge in [0, 0.05) is 16.6 Å². The lowest BCUT2D eigenvalue weighted by atomic mass is 10.3. The maximum atomic E-state index is 12.7. The summed E-state index contributed by atoms with van der Waals surface area (Å²) in [4.78, 5) is 10.9. The minimum atomic E-state index is -4.01. The van der Waals surface area contributed by atoms with E-state index in [0.717, 1.165) is 4.31 Å². The fraction of sp³-hybridized carbons (Fsp3) is 0.462. The van der Waals surface area contributed by atoms with Crippen LogP contribution in [0.15, 0.2) is 21.5 Å². The highest BCUT2D eigenvalue weighted by Crippen LogP contribution is 2.37. The number of aliphatic carboxylic acids is 1. The van der Waals surface area contributed by atoms with Gasteiger partial charge in [0.25, 0.3) is 0 Å². The Labute approximate surface area is 138 Å². The summed E-state index contributed by atoms with van der Waals surface area (Å²) < 4.78 is 36.8. The monoisotopic (exact) mass is 395 g/mol. The molecular formula is C13H18BrNO6S. The minimum absolute atomic E-state index is 0.0832. The average Bonchev–Trinajstić information content (AvgIpc) is 2.43. The number of carbonyl (C=O) groups is 1. The second kappa shape index (κ2) is 7.30. The first-order chi connectivity index (χ1) is 10.1. The molecule has 0 heterocycles. The molecule has 0 aromatic heterocycles. The summed E-state index contributed by atoms with van der Waals surface area (Å²) in [6, 6.07) is 2.25. The molecule has 1 rings (SSSR count). The maximum absolute atomic E-state index is 12.7. The van der Waals surface area contributed by atoms with Crippen LogP contribution in [0.1, 0.15) is 13.8 Å². The molecule has 9 heteroatoms. The lowest BCUT2D eigenvalue weighted by Crippen LogP contribution is -2.40. The fourth-order valence-corrected chi connectivity index (χ4v) is 4.42. The summed E-state index contributed by atoms with van der Waals surface area (Å²) in [5.74, 6) is -0.625. The molecule has 124 valence electrons. The van der Waals surface area contributed by atoms with Gasteiger partial charge in [-0.15, -0.1) is 0 Å². The Kier molecular flexibility index (Phi) is 6.21. The van der Waals surface area contributed by atoms with Gasteiger partial charge in [0.05, 0.1) is 14.2 Å². The van der Waals surface area contributed by atoms with Crippen molar-refractivity contribution >= 4 is 31.9 Å². The highest BCUT2D eigenvalue weighted by molar-refractivity contribution is 9.10. The van der Waals surface area contributed by atoms with Crippen molar-refractivity contribution in [2.75, 3.05) is 20.8 Å². The van der Waals surface area contributed by atoms with Gasteiger partial charge in [0.2, 0.25) is 10.0 Å². The number of hydrogen-bond donors (Lipinski definition) is 1. The van der Waals surface area contributed by atoms with E-state index in [1.54, 1.807) is 13.8 Å². The number of ether oxygens (including phenoxy) is 2. The molecule has 0 fully saturated rings. The average molecular weight is 396 g/mol. The quantitative estimate of drug-likeness (QED) is 0.758. The zero-order valence-electron chi connectivity index (χ0n) is 12.7. The Hall–Kier alpha value is -1.32. The molecule has 0 unspecified atom stereocenters. The third-order valence-corrected chi connectivity index (χ3v) is 5.87. The van der Waals surface area contributed by atoms with Crippen LogP contribution in [0.5, 0.6) is 11.5 Å². The summed E-state index contributed by atoms with van der Waals surface area (Å²) in [6.45, 7) is 2.59. The molecule has 0 aliphatic carbocycles. The largest absolute Gasteiger partial charge is 0.493 e. The van der Waals surface area contributed by atoms with Crippen LogP contribution in [-0.2, 0) is 14.8 Å². The Morgan fingerprint density at radius 3 is 2.18 bits per heavy atom. The van der Waals surface area contributed by atoms with E-state index in [0.29, 0.717) is 5.75 Å². The topological polar surface area (TPSA) is 93.1 Å². The normalized spacial score (nSPS) is 11.8. The Morgan fingerprint density at radius 2 is 1.77 bits per heavy atom. The molecule has 0 radical (unpaired) electrons. The highest BCUT2D eigenvalue weighted by Gasteiger charge is 2.31. The smallest absolute Gasteiger partial charge is 0.318 e. The maximum Gasteiger partial charge on any atom is 0.318 e. The van der Waals surface area contributed by atoms with E-state index < -0.39 is 28.6 Å². The van der Waals surface area contributed by atoms with Crippen LogP contribution in [-0.4, -0.2) is 50.6 Å². The SMILES string of the molecule is COc1cc(Br)c(S(=O)(=O)N(CC(=O)O)C(C)C)cc1OC. The second-order valence-corrected chi connectivity index (χ2v) is 7.39. The molecular weight excluding hydrogens is 378 g/mol. The number of hydrogen-bond acceptors (Lipinski definition) is 5. The number of halogens is 1. The van der Waals surface area contributed by atoms with Crippen molar-refractivity contribution in [2.24, 2.45) is 0 Å². The van der Waals surface area contributed by atoms with E-state index >= 15 is 0 Å². The van der Waals surface area contributed by atoms with Crippen molar-refractivity contribution < 1.29 is 27.8 Å². The van der Waals surface area contributed by atoms with E-state index in [4.69, 9.17) is 14.6 Å². The summed E-state index contributed by atoms with van der Waals surface area (Å²) >= 11 is 3.18. The molecule has 0 atom stereocenters. The molecule has 0 saturated carbocycles. The van der Waals surface area contributed by atoms with Crippen LogP contribution in [0.3, 0.4) is 0 Å². The standard InChI is InChI=1S/C13H18BrNO6S/c1-8(2)15(7-13(16)17)22(18,19)12-6-11(21-4)10(20-3)5-9(12)14/h5-6,8H,7H2,1-4H3,(H,16,17). The van der Waals surface area contributed by atoms with Crippen LogP contribution in [0.2, 0.25) is 0 Å². The van der Waals surface area contributed by atoms with Crippen LogP contribution in [0.4, 0.5) is 0 Å². The zero-order valence-corrected chi connectivity index (χ0v) is 15.1. The molecule has 0 bridgehead atoms. The molecule has 0 aliphatic heterocycles. The predicted octanol–water partition coefficient (Wildman–Crippen LogP) is 1.95. The number of rotatable bonds is 7. The van der Waals surface area contributed by atoms with Crippen LogP contribution >= 0.6 is 15.9 Å². The zero-order chi connectivity index (χ0) is 17.1. The van der Waals surface area contributed by atoms with E-state index in [1.807, 2.05) is 0 Å².